The Morgan fingerprint density at radius 2 is 1.92 bits per heavy atom. The molecule has 0 unspecified atom stereocenters. The number of imidazole rings is 1. The van der Waals surface area contributed by atoms with E-state index in [0.717, 1.165) is 42.4 Å². The molecule has 5 heteroatoms. The fourth-order valence-corrected chi connectivity index (χ4v) is 3.60. The van der Waals surface area contributed by atoms with Crippen molar-refractivity contribution in [3.8, 4) is 0 Å². The number of aromatic amines is 1. The summed E-state index contributed by atoms with van der Waals surface area (Å²) in [6.45, 7) is 2.00. The van der Waals surface area contributed by atoms with E-state index < -0.39 is 5.91 Å². The number of nitrogens with zero attached hydrogens (tertiary/aromatic N) is 2. The van der Waals surface area contributed by atoms with E-state index in [1.165, 1.54) is 18.4 Å². The molecule has 1 aliphatic rings. The van der Waals surface area contributed by atoms with Gasteiger partial charge in [0.15, 0.2) is 0 Å². The minimum Gasteiger partial charge on any atom is -0.366 e. The van der Waals surface area contributed by atoms with E-state index in [1.54, 1.807) is 12.1 Å². The lowest BCUT2D eigenvalue weighted by Crippen LogP contribution is -2.35. The van der Waals surface area contributed by atoms with Crippen molar-refractivity contribution in [1.29, 1.82) is 0 Å². The quantitative estimate of drug-likeness (QED) is 0.770. The molecule has 1 saturated heterocycles. The van der Waals surface area contributed by atoms with Crippen LogP contribution in [0.2, 0.25) is 0 Å². The van der Waals surface area contributed by atoms with E-state index in [0.29, 0.717) is 5.56 Å². The van der Waals surface area contributed by atoms with Crippen molar-refractivity contribution < 1.29 is 4.79 Å². The molecule has 1 aliphatic heterocycles. The van der Waals surface area contributed by atoms with Gasteiger partial charge in [0.05, 0.1) is 11.0 Å². The van der Waals surface area contributed by atoms with Crippen LogP contribution < -0.4 is 10.6 Å². The van der Waals surface area contributed by atoms with Gasteiger partial charge >= 0.3 is 0 Å². The highest BCUT2D eigenvalue weighted by Crippen LogP contribution is 2.26. The van der Waals surface area contributed by atoms with Crippen LogP contribution in [-0.4, -0.2) is 29.0 Å². The molecule has 0 radical (unpaired) electrons. The molecule has 1 fully saturated rings. The summed E-state index contributed by atoms with van der Waals surface area (Å²) in [5.74, 6) is 1.19. The maximum Gasteiger partial charge on any atom is 0.248 e. The molecule has 0 aliphatic carbocycles. The van der Waals surface area contributed by atoms with Gasteiger partial charge in [-0.05, 0) is 48.9 Å². The molecule has 0 bridgehead atoms. The van der Waals surface area contributed by atoms with Crippen LogP contribution in [0.15, 0.2) is 48.5 Å². The van der Waals surface area contributed by atoms with Crippen LogP contribution in [0.4, 0.5) is 5.95 Å². The van der Waals surface area contributed by atoms with Gasteiger partial charge in [0.25, 0.3) is 0 Å². The molecule has 2 heterocycles. The van der Waals surface area contributed by atoms with Crippen molar-refractivity contribution in [3.63, 3.8) is 0 Å². The predicted molar refractivity (Wildman–Crippen MR) is 99.7 cm³/mol. The topological polar surface area (TPSA) is 75.0 Å². The van der Waals surface area contributed by atoms with Crippen LogP contribution in [0.25, 0.3) is 11.0 Å². The molecule has 5 nitrogen and oxygen atoms in total. The van der Waals surface area contributed by atoms with Crippen LogP contribution >= 0.6 is 0 Å². The largest absolute Gasteiger partial charge is 0.366 e. The number of aromatic nitrogens is 2. The first-order chi connectivity index (χ1) is 12.2. The van der Waals surface area contributed by atoms with Crippen LogP contribution in [0.3, 0.4) is 0 Å². The molecule has 0 atom stereocenters. The Kier molecular flexibility index (Phi) is 4.14. The third-order valence-corrected chi connectivity index (χ3v) is 5.04. The second-order valence-electron chi connectivity index (χ2n) is 6.78. The highest BCUT2D eigenvalue weighted by Gasteiger charge is 2.21. The molecule has 3 aromatic rings. The Bertz CT molecular complexity index is 879. The van der Waals surface area contributed by atoms with Gasteiger partial charge in [0.1, 0.15) is 0 Å². The van der Waals surface area contributed by atoms with Crippen molar-refractivity contribution >= 4 is 22.9 Å². The average Bonchev–Trinajstić information content (AvgIpc) is 3.06. The number of carbonyl (C=O) groups excluding carboxylic acids is 1. The number of hydrogen-bond donors (Lipinski definition) is 2. The van der Waals surface area contributed by atoms with E-state index in [-0.39, 0.29) is 0 Å². The highest BCUT2D eigenvalue weighted by molar-refractivity contribution is 5.96. The van der Waals surface area contributed by atoms with Gasteiger partial charge in [-0.25, -0.2) is 4.98 Å². The lowest BCUT2D eigenvalue weighted by molar-refractivity contribution is 0.100. The average molecular weight is 334 g/mol. The molecule has 1 amide bonds. The number of anilines is 1. The van der Waals surface area contributed by atoms with Crippen molar-refractivity contribution in [2.24, 2.45) is 11.7 Å². The predicted octanol–water partition coefficient (Wildman–Crippen LogP) is 3.12. The van der Waals surface area contributed by atoms with Crippen molar-refractivity contribution in [2.75, 3.05) is 18.0 Å². The Labute approximate surface area is 146 Å². The summed E-state index contributed by atoms with van der Waals surface area (Å²) >= 11 is 0. The number of carbonyl (C=O) groups is 1. The van der Waals surface area contributed by atoms with Gasteiger partial charge in [-0.3, -0.25) is 4.79 Å². The zero-order chi connectivity index (χ0) is 17.2. The Balaban J connectivity index is 1.43. The van der Waals surface area contributed by atoms with Crippen molar-refractivity contribution in [2.45, 2.75) is 19.3 Å². The summed E-state index contributed by atoms with van der Waals surface area (Å²) in [6, 6.07) is 16.1. The lowest BCUT2D eigenvalue weighted by atomic mass is 9.90. The molecule has 2 aromatic carbocycles. The first kappa shape index (κ1) is 15.7. The second-order valence-corrected chi connectivity index (χ2v) is 6.78. The number of piperidine rings is 1. The Morgan fingerprint density at radius 3 is 2.64 bits per heavy atom. The number of H-pyrrole nitrogens is 1. The Morgan fingerprint density at radius 1 is 1.16 bits per heavy atom. The van der Waals surface area contributed by atoms with Crippen molar-refractivity contribution in [3.05, 3.63) is 59.7 Å². The van der Waals surface area contributed by atoms with E-state index in [9.17, 15) is 4.79 Å². The number of nitrogens with two attached hydrogens (primary N) is 1. The highest BCUT2D eigenvalue weighted by atomic mass is 16.1. The lowest BCUT2D eigenvalue weighted by Gasteiger charge is -2.31. The fraction of sp³-hybridized carbons (Fsp3) is 0.300. The van der Waals surface area contributed by atoms with Crippen LogP contribution in [0, 0.1) is 5.92 Å². The molecule has 3 N–H and O–H groups in total. The summed E-state index contributed by atoms with van der Waals surface area (Å²) in [5.41, 5.74) is 9.00. The SMILES string of the molecule is NC(=O)c1ccc2nc(N3CCC(Cc4ccccc4)CC3)[nH]c2c1. The third kappa shape index (κ3) is 3.36. The van der Waals surface area contributed by atoms with E-state index in [4.69, 9.17) is 5.73 Å². The normalized spacial score (nSPS) is 15.6. The number of benzene rings is 2. The molecule has 128 valence electrons. The maximum absolute atomic E-state index is 11.3. The smallest absolute Gasteiger partial charge is 0.248 e. The third-order valence-electron chi connectivity index (χ3n) is 5.04. The number of amides is 1. The molecule has 0 saturated carbocycles. The Hall–Kier alpha value is -2.82. The summed E-state index contributed by atoms with van der Waals surface area (Å²) in [6.07, 6.45) is 3.48. The monoisotopic (exact) mass is 334 g/mol. The minimum atomic E-state index is -0.417. The summed E-state index contributed by atoms with van der Waals surface area (Å²) in [4.78, 5) is 21.6. The molecular weight excluding hydrogens is 312 g/mol. The number of rotatable bonds is 4. The van der Waals surface area contributed by atoms with Crippen LogP contribution in [0.5, 0.6) is 0 Å². The van der Waals surface area contributed by atoms with E-state index in [2.05, 4.69) is 45.2 Å². The summed E-state index contributed by atoms with van der Waals surface area (Å²) in [5, 5.41) is 0. The minimum absolute atomic E-state index is 0.417. The van der Waals surface area contributed by atoms with Gasteiger partial charge < -0.3 is 15.6 Å². The second kappa shape index (κ2) is 6.59. The molecule has 25 heavy (non-hydrogen) atoms. The van der Waals surface area contributed by atoms with Crippen molar-refractivity contribution in [1.82, 2.24) is 9.97 Å². The van der Waals surface area contributed by atoms with Crippen LogP contribution in [-0.2, 0) is 6.42 Å². The van der Waals surface area contributed by atoms with Gasteiger partial charge in [0, 0.05) is 18.7 Å². The fourth-order valence-electron chi connectivity index (χ4n) is 3.60. The standard InChI is InChI=1S/C20H22N4O/c21-19(25)16-6-7-17-18(13-16)23-20(22-17)24-10-8-15(9-11-24)12-14-4-2-1-3-5-14/h1-7,13,15H,8-12H2,(H2,21,25)(H,22,23). The molecule has 0 spiro atoms. The molecule has 4 rings (SSSR count). The summed E-state index contributed by atoms with van der Waals surface area (Å²) < 4.78 is 0. The van der Waals surface area contributed by atoms with Gasteiger partial charge in [0.2, 0.25) is 11.9 Å². The number of primary amides is 1. The van der Waals surface area contributed by atoms with Gasteiger partial charge in [-0.15, -0.1) is 0 Å². The number of nitrogens with one attached hydrogen (secondary N) is 1. The molecule has 1 aromatic heterocycles. The zero-order valence-corrected chi connectivity index (χ0v) is 14.1. The number of fused-ring (bicyclic) bond motifs is 1. The zero-order valence-electron chi connectivity index (χ0n) is 14.1. The molecular formula is C20H22N4O. The maximum atomic E-state index is 11.3. The number of hydrogen-bond acceptors (Lipinski definition) is 3. The summed E-state index contributed by atoms with van der Waals surface area (Å²) in [7, 11) is 0. The van der Waals surface area contributed by atoms with E-state index >= 15 is 0 Å². The van der Waals surface area contributed by atoms with E-state index in [1.807, 2.05) is 6.07 Å². The van der Waals surface area contributed by atoms with Gasteiger partial charge in [-0.2, -0.15) is 0 Å². The van der Waals surface area contributed by atoms with Gasteiger partial charge in [-0.1, -0.05) is 30.3 Å². The van der Waals surface area contributed by atoms with Crippen LogP contribution in [0.1, 0.15) is 28.8 Å². The first-order valence-electron chi connectivity index (χ1n) is 8.77. The first-order valence-corrected chi connectivity index (χ1v) is 8.77.